The zero-order valence-electron chi connectivity index (χ0n) is 23.8. The second-order valence-electron chi connectivity index (χ2n) is 11.4. The number of β-amino-alcohol motifs (C(OH)–C–C–N with tert-alkyl or cyclic N) is 1. The van der Waals surface area contributed by atoms with Crippen LogP contribution in [0.1, 0.15) is 32.3 Å². The molecule has 1 aromatic carbocycles. The van der Waals surface area contributed by atoms with Crippen LogP contribution in [0, 0.1) is 5.92 Å². The number of hydrogen-bond acceptors (Lipinski definition) is 10. The Morgan fingerprint density at radius 2 is 1.93 bits per heavy atom. The van der Waals surface area contributed by atoms with Gasteiger partial charge in [-0.2, -0.15) is 4.98 Å². The van der Waals surface area contributed by atoms with Gasteiger partial charge < -0.3 is 25.0 Å². The minimum absolute atomic E-state index is 0.0599. The molecule has 2 aliphatic heterocycles. The lowest BCUT2D eigenvalue weighted by Crippen LogP contribution is -2.60. The number of nitrogens with one attached hydrogen (secondary N) is 1. The van der Waals surface area contributed by atoms with E-state index in [0.717, 1.165) is 29.1 Å². The third-order valence-electron chi connectivity index (χ3n) is 7.98. The number of halogens is 2. The van der Waals surface area contributed by atoms with E-state index in [9.17, 15) is 22.3 Å². The van der Waals surface area contributed by atoms with Crippen molar-refractivity contribution >= 4 is 43.9 Å². The van der Waals surface area contributed by atoms with Gasteiger partial charge in [-0.15, -0.1) is 0 Å². The molecule has 10 nitrogen and oxygen atoms in total. The summed E-state index contributed by atoms with van der Waals surface area (Å²) in [5.74, 6) is -1.84. The molecule has 2 aromatic heterocycles. The van der Waals surface area contributed by atoms with Crippen LogP contribution in [0.5, 0.6) is 0 Å². The number of aliphatic hydroxyl groups excluding tert-OH is 1. The maximum absolute atomic E-state index is 14.6. The first kappa shape index (κ1) is 29.3. The predicted octanol–water partition coefficient (Wildman–Crippen LogP) is 3.59. The Morgan fingerprint density at radius 1 is 1.17 bits per heavy atom. The van der Waals surface area contributed by atoms with Gasteiger partial charge >= 0.3 is 0 Å². The van der Waals surface area contributed by atoms with E-state index in [0.29, 0.717) is 18.2 Å². The normalized spacial score (nSPS) is 24.5. The Morgan fingerprint density at radius 3 is 2.56 bits per heavy atom. The lowest BCUT2D eigenvalue weighted by Gasteiger charge is -2.48. The largest absolute Gasteiger partial charge is 0.388 e. The van der Waals surface area contributed by atoms with Gasteiger partial charge in [0.05, 0.1) is 12.3 Å². The van der Waals surface area contributed by atoms with Crippen LogP contribution in [0.4, 0.5) is 32.1 Å². The summed E-state index contributed by atoms with van der Waals surface area (Å²) in [5.41, 5.74) is 2.14. The average Bonchev–Trinajstić information content (AvgIpc) is 2.89. The minimum atomic E-state index is -3.27. The molecule has 0 aliphatic carbocycles. The fourth-order valence-corrected chi connectivity index (χ4v) is 7.01. The van der Waals surface area contributed by atoms with Crippen molar-refractivity contribution in [3.8, 4) is 0 Å². The molecule has 2 fully saturated rings. The summed E-state index contributed by atoms with van der Waals surface area (Å²) in [6, 6.07) is 7.81. The number of alkyl halides is 2. The molecule has 222 valence electrons. The lowest BCUT2D eigenvalue weighted by molar-refractivity contribution is -0.171. The highest BCUT2D eigenvalue weighted by atomic mass is 32.2. The molecule has 5 rings (SSSR count). The number of aliphatic hydroxyl groups is 1. The molecule has 4 atom stereocenters. The van der Waals surface area contributed by atoms with Crippen LogP contribution < -0.4 is 15.1 Å². The molecule has 2 aliphatic rings. The van der Waals surface area contributed by atoms with E-state index in [1.807, 2.05) is 13.0 Å². The SMILES string of the molecule is CO[C@H]1[C@@H](O)CN(c2nccc(Nc3cc4c(C(C)C)ccc(N5C[C@H](CS(C)(=O)=O)[C@H]5C)c4cn3)n2)CC1(F)F. The fourth-order valence-electron chi connectivity index (χ4n) is 5.85. The first-order chi connectivity index (χ1) is 19.3. The molecule has 0 amide bonds. The summed E-state index contributed by atoms with van der Waals surface area (Å²) in [4.78, 5) is 16.6. The number of hydrogen-bond donors (Lipinski definition) is 2. The van der Waals surface area contributed by atoms with Crippen LogP contribution in [0.25, 0.3) is 10.8 Å². The maximum Gasteiger partial charge on any atom is 0.293 e. The summed E-state index contributed by atoms with van der Waals surface area (Å²) >= 11 is 0. The number of benzene rings is 1. The highest BCUT2D eigenvalue weighted by Gasteiger charge is 2.50. The highest BCUT2D eigenvalue weighted by Crippen LogP contribution is 2.40. The number of piperidine rings is 1. The molecule has 2 N–H and O–H groups in total. The molecular formula is C28H36F2N6O4S. The van der Waals surface area contributed by atoms with Crippen LogP contribution >= 0.6 is 0 Å². The highest BCUT2D eigenvalue weighted by molar-refractivity contribution is 7.90. The zero-order valence-corrected chi connectivity index (χ0v) is 24.6. The number of pyridine rings is 1. The number of ether oxygens (including phenoxy) is 1. The van der Waals surface area contributed by atoms with Crippen LogP contribution in [0.2, 0.25) is 0 Å². The minimum Gasteiger partial charge on any atom is -0.388 e. The summed E-state index contributed by atoms with van der Waals surface area (Å²) in [7, 11) is -1.90. The van der Waals surface area contributed by atoms with Gasteiger partial charge in [-0.3, -0.25) is 0 Å². The summed E-state index contributed by atoms with van der Waals surface area (Å²) in [5, 5.41) is 15.4. The molecule has 0 bridgehead atoms. The Bertz CT molecular complexity index is 1540. The first-order valence-corrected chi connectivity index (χ1v) is 15.6. The molecule has 0 saturated carbocycles. The number of rotatable bonds is 8. The van der Waals surface area contributed by atoms with Crippen molar-refractivity contribution in [3.63, 3.8) is 0 Å². The van der Waals surface area contributed by atoms with Gasteiger partial charge in [-0.25, -0.2) is 27.2 Å². The Balaban J connectivity index is 1.41. The number of anilines is 4. The van der Waals surface area contributed by atoms with E-state index in [-0.39, 0.29) is 36.1 Å². The number of aromatic nitrogens is 3. The monoisotopic (exact) mass is 590 g/mol. The predicted molar refractivity (Wildman–Crippen MR) is 155 cm³/mol. The number of sulfone groups is 1. The fraction of sp³-hybridized carbons (Fsp3) is 0.536. The molecule has 41 heavy (non-hydrogen) atoms. The van der Waals surface area contributed by atoms with Gasteiger partial charge in [0.1, 0.15) is 33.7 Å². The molecule has 3 aromatic rings. The van der Waals surface area contributed by atoms with Crippen molar-refractivity contribution in [3.05, 3.63) is 42.2 Å². The zero-order chi connectivity index (χ0) is 29.7. The van der Waals surface area contributed by atoms with Crippen molar-refractivity contribution < 1.29 is 27.0 Å². The average molecular weight is 591 g/mol. The number of methoxy groups -OCH3 is 1. The first-order valence-electron chi connectivity index (χ1n) is 13.6. The van der Waals surface area contributed by atoms with E-state index in [1.54, 1.807) is 12.3 Å². The third kappa shape index (κ3) is 5.93. The van der Waals surface area contributed by atoms with Gasteiger partial charge in [0.25, 0.3) is 5.92 Å². The maximum atomic E-state index is 14.6. The molecule has 4 heterocycles. The lowest BCUT2D eigenvalue weighted by atomic mass is 9.88. The standard InChI is InChI=1S/C28H36F2N6O4S/c1-16(2)19-6-7-22(36-12-18(17(36)3)14-41(5,38)39)21-11-32-25(10-20(19)21)33-24-8-9-31-27(34-24)35-13-23(37)26(40-4)28(29,30)15-35/h6-11,16-18,23,26,37H,12-15H2,1-5H3,(H,31,32,33,34)/t17-,18-,23+,26+/m1/s1. The van der Waals surface area contributed by atoms with Crippen LogP contribution in [-0.2, 0) is 14.6 Å². The van der Waals surface area contributed by atoms with Crippen molar-refractivity contribution in [1.82, 2.24) is 15.0 Å². The van der Waals surface area contributed by atoms with Crippen molar-refractivity contribution in [2.45, 2.75) is 50.9 Å². The van der Waals surface area contributed by atoms with Crippen molar-refractivity contribution in [2.24, 2.45) is 5.92 Å². The molecule has 2 saturated heterocycles. The molecule has 0 spiro atoms. The summed E-state index contributed by atoms with van der Waals surface area (Å²) < 4.78 is 57.6. The molecule has 0 radical (unpaired) electrons. The van der Waals surface area contributed by atoms with E-state index in [4.69, 9.17) is 4.74 Å². The molecule has 0 unspecified atom stereocenters. The Hall–Kier alpha value is -3.16. The van der Waals surface area contributed by atoms with Crippen molar-refractivity contribution in [1.29, 1.82) is 0 Å². The van der Waals surface area contributed by atoms with E-state index >= 15 is 0 Å². The Kier molecular flexibility index (Phi) is 7.81. The van der Waals surface area contributed by atoms with Gasteiger partial charge in [0.2, 0.25) is 5.95 Å². The van der Waals surface area contributed by atoms with E-state index < -0.39 is 34.5 Å². The second kappa shape index (κ2) is 10.9. The van der Waals surface area contributed by atoms with Gasteiger partial charge in [-0.05, 0) is 42.0 Å². The molecular weight excluding hydrogens is 554 g/mol. The number of nitrogens with zero attached hydrogens (tertiary/aromatic N) is 5. The quantitative estimate of drug-likeness (QED) is 0.403. The van der Waals surface area contributed by atoms with Crippen LogP contribution in [-0.4, -0.2) is 91.4 Å². The molecule has 13 heteroatoms. The van der Waals surface area contributed by atoms with Gasteiger partial charge in [0.15, 0.2) is 0 Å². The topological polar surface area (TPSA) is 121 Å². The van der Waals surface area contributed by atoms with Gasteiger partial charge in [-0.1, -0.05) is 19.9 Å². The Labute approximate surface area is 238 Å². The van der Waals surface area contributed by atoms with Gasteiger partial charge in [0, 0.05) is 61.9 Å². The third-order valence-corrected chi connectivity index (χ3v) is 9.01. The van der Waals surface area contributed by atoms with E-state index in [2.05, 4.69) is 51.1 Å². The summed E-state index contributed by atoms with van der Waals surface area (Å²) in [6.45, 7) is 6.16. The summed E-state index contributed by atoms with van der Waals surface area (Å²) in [6.07, 6.45) is 1.55. The van der Waals surface area contributed by atoms with Crippen LogP contribution in [0.3, 0.4) is 0 Å². The van der Waals surface area contributed by atoms with Crippen LogP contribution in [0.15, 0.2) is 36.7 Å². The second-order valence-corrected chi connectivity index (χ2v) is 13.6. The van der Waals surface area contributed by atoms with E-state index in [1.165, 1.54) is 17.4 Å². The smallest absolute Gasteiger partial charge is 0.293 e. The number of fused-ring (bicyclic) bond motifs is 1. The van der Waals surface area contributed by atoms with Crippen molar-refractivity contribution in [2.75, 3.05) is 53.9 Å².